The summed E-state index contributed by atoms with van der Waals surface area (Å²) in [6, 6.07) is 0. The van der Waals surface area contributed by atoms with Gasteiger partial charge < -0.3 is 13.7 Å². The smallest absolute Gasteiger partial charge is 0.462 e. The van der Waals surface area contributed by atoms with Gasteiger partial charge in [-0.3, -0.25) is 0 Å². The predicted molar refractivity (Wildman–Crippen MR) is 59.7 cm³/mol. The van der Waals surface area contributed by atoms with Crippen molar-refractivity contribution < 1.29 is 40.0 Å². The summed E-state index contributed by atoms with van der Waals surface area (Å²) in [5.41, 5.74) is -5.93. The number of halogens is 3. The molecule has 6 nitrogen and oxygen atoms in total. The molecule has 0 spiro atoms. The first-order chi connectivity index (χ1) is 9.08. The molecule has 1 atom stereocenters. The molecule has 10 heteroatoms. The van der Waals surface area contributed by atoms with Crippen molar-refractivity contribution in [1.82, 2.24) is 0 Å². The van der Waals surface area contributed by atoms with Gasteiger partial charge in [0.1, 0.15) is 11.3 Å². The van der Waals surface area contributed by atoms with E-state index in [9.17, 15) is 26.4 Å². The van der Waals surface area contributed by atoms with E-state index in [0.29, 0.717) is 0 Å². The highest BCUT2D eigenvalue weighted by molar-refractivity contribution is 7.87. The summed E-state index contributed by atoms with van der Waals surface area (Å²) >= 11 is 0. The number of carbonyl (C=O) groups is 1. The highest BCUT2D eigenvalue weighted by atomic mass is 32.2. The minimum atomic E-state index is -5.82. The summed E-state index contributed by atoms with van der Waals surface area (Å²) in [7, 11) is -5.82. The van der Waals surface area contributed by atoms with Crippen molar-refractivity contribution in [2.24, 2.45) is 0 Å². The van der Waals surface area contributed by atoms with Crippen LogP contribution < -0.4 is 0 Å². The van der Waals surface area contributed by atoms with Crippen LogP contribution >= 0.6 is 0 Å². The van der Waals surface area contributed by atoms with Crippen molar-refractivity contribution in [3.05, 3.63) is 11.3 Å². The fourth-order valence-corrected chi connectivity index (χ4v) is 1.93. The Morgan fingerprint density at radius 2 is 2.05 bits per heavy atom. The number of hydrogen-bond acceptors (Lipinski definition) is 6. The largest absolute Gasteiger partial charge is 0.534 e. The van der Waals surface area contributed by atoms with E-state index in [1.807, 2.05) is 0 Å². The van der Waals surface area contributed by atoms with Crippen molar-refractivity contribution in [3.63, 3.8) is 0 Å². The molecule has 0 aromatic carbocycles. The van der Waals surface area contributed by atoms with Gasteiger partial charge in [-0.05, 0) is 13.8 Å². The summed E-state index contributed by atoms with van der Waals surface area (Å²) in [5.74, 6) is -1.56. The first kappa shape index (κ1) is 16.8. The van der Waals surface area contributed by atoms with E-state index in [1.54, 1.807) is 0 Å². The topological polar surface area (TPSA) is 78.9 Å². The van der Waals surface area contributed by atoms with Crippen molar-refractivity contribution in [1.29, 1.82) is 0 Å². The normalized spacial score (nSPS) is 20.8. The van der Waals surface area contributed by atoms with E-state index >= 15 is 0 Å². The Bertz CT molecular complexity index is 508. The minimum Gasteiger partial charge on any atom is -0.462 e. The van der Waals surface area contributed by atoms with Crippen LogP contribution in [0.1, 0.15) is 20.3 Å². The van der Waals surface area contributed by atoms with E-state index in [4.69, 9.17) is 4.74 Å². The van der Waals surface area contributed by atoms with Crippen LogP contribution in [0.2, 0.25) is 0 Å². The summed E-state index contributed by atoms with van der Waals surface area (Å²) < 4.78 is 72.5. The zero-order valence-corrected chi connectivity index (χ0v) is 11.5. The highest BCUT2D eigenvalue weighted by Crippen LogP contribution is 2.31. The standard InChI is InChI=1S/C10H13F3O6S/c1-3-17-9(14)7-5-18-6(2)4-8(7)19-20(15,16)10(11,12)13/h6H,3-5H2,1-2H3/t6-/m1/s1. The lowest BCUT2D eigenvalue weighted by atomic mass is 10.1. The maximum atomic E-state index is 12.3. The predicted octanol–water partition coefficient (Wildman–Crippen LogP) is 1.48. The molecule has 20 heavy (non-hydrogen) atoms. The number of esters is 1. The number of rotatable bonds is 4. The Morgan fingerprint density at radius 1 is 1.45 bits per heavy atom. The second kappa shape index (κ2) is 6.00. The van der Waals surface area contributed by atoms with E-state index in [2.05, 4.69) is 8.92 Å². The van der Waals surface area contributed by atoms with Gasteiger partial charge in [-0.15, -0.1) is 0 Å². The molecular formula is C10H13F3O6S. The molecule has 0 N–H and O–H groups in total. The Balaban J connectivity index is 3.10. The second-order valence-corrected chi connectivity index (χ2v) is 5.47. The highest BCUT2D eigenvalue weighted by Gasteiger charge is 2.49. The molecule has 0 saturated heterocycles. The Kier molecular flexibility index (Phi) is 5.03. The van der Waals surface area contributed by atoms with Crippen molar-refractivity contribution in [2.45, 2.75) is 31.9 Å². The van der Waals surface area contributed by atoms with E-state index in [1.165, 1.54) is 13.8 Å². The maximum absolute atomic E-state index is 12.3. The fraction of sp³-hybridized carbons (Fsp3) is 0.700. The van der Waals surface area contributed by atoms with Gasteiger partial charge >= 0.3 is 21.6 Å². The van der Waals surface area contributed by atoms with Crippen LogP contribution in [0.5, 0.6) is 0 Å². The zero-order valence-electron chi connectivity index (χ0n) is 10.7. The molecule has 0 saturated carbocycles. The van der Waals surface area contributed by atoms with Gasteiger partial charge in [0.2, 0.25) is 0 Å². The molecule has 0 amide bonds. The number of hydrogen-bond donors (Lipinski definition) is 0. The summed E-state index contributed by atoms with van der Waals surface area (Å²) in [6.45, 7) is 2.61. The van der Waals surface area contributed by atoms with Crippen molar-refractivity contribution in [2.75, 3.05) is 13.2 Å². The Hall–Kier alpha value is -1.29. The first-order valence-corrected chi connectivity index (χ1v) is 7.00. The van der Waals surface area contributed by atoms with E-state index in [0.717, 1.165) is 0 Å². The monoisotopic (exact) mass is 318 g/mol. The van der Waals surface area contributed by atoms with Crippen LogP contribution in [0, 0.1) is 0 Å². The van der Waals surface area contributed by atoms with Crippen LogP contribution in [-0.4, -0.2) is 39.2 Å². The average molecular weight is 318 g/mol. The summed E-state index contributed by atoms with van der Waals surface area (Å²) in [5, 5.41) is 0. The van der Waals surface area contributed by atoms with Crippen LogP contribution in [0.15, 0.2) is 11.3 Å². The second-order valence-electron chi connectivity index (χ2n) is 3.93. The SMILES string of the molecule is CCOC(=O)C1=C(OS(=O)(=O)C(F)(F)F)C[C@@H](C)OC1. The minimum absolute atomic E-state index is 0.0167. The lowest BCUT2D eigenvalue weighted by Gasteiger charge is -2.24. The molecule has 0 aliphatic carbocycles. The van der Waals surface area contributed by atoms with Gasteiger partial charge in [0, 0.05) is 6.42 Å². The Labute approximate surface area is 113 Å². The molecule has 0 unspecified atom stereocenters. The lowest BCUT2D eigenvalue weighted by Crippen LogP contribution is -2.31. The fourth-order valence-electron chi connectivity index (χ4n) is 1.40. The molecular weight excluding hydrogens is 305 g/mol. The maximum Gasteiger partial charge on any atom is 0.534 e. The molecule has 1 aliphatic heterocycles. The number of carbonyl (C=O) groups excluding carboxylic acids is 1. The molecule has 1 aliphatic rings. The summed E-state index contributed by atoms with van der Waals surface area (Å²) in [6.07, 6.45) is -0.852. The average Bonchev–Trinajstić information content (AvgIpc) is 2.27. The molecule has 1 rings (SSSR count). The van der Waals surface area contributed by atoms with Gasteiger partial charge in [-0.2, -0.15) is 21.6 Å². The van der Waals surface area contributed by atoms with Gasteiger partial charge in [-0.1, -0.05) is 0 Å². The van der Waals surface area contributed by atoms with E-state index in [-0.39, 0.29) is 25.2 Å². The van der Waals surface area contributed by atoms with Crippen LogP contribution in [-0.2, 0) is 28.6 Å². The number of ether oxygens (including phenoxy) is 2. The number of alkyl halides is 3. The van der Waals surface area contributed by atoms with Gasteiger partial charge in [0.25, 0.3) is 0 Å². The molecule has 0 radical (unpaired) electrons. The third-order valence-electron chi connectivity index (χ3n) is 2.34. The Morgan fingerprint density at radius 3 is 2.55 bits per heavy atom. The molecule has 0 bridgehead atoms. The third-order valence-corrected chi connectivity index (χ3v) is 3.32. The molecule has 0 aromatic heterocycles. The first-order valence-electron chi connectivity index (χ1n) is 5.60. The quantitative estimate of drug-likeness (QED) is 0.444. The molecule has 1 heterocycles. The van der Waals surface area contributed by atoms with Crippen molar-refractivity contribution >= 4 is 16.1 Å². The van der Waals surface area contributed by atoms with Crippen LogP contribution in [0.3, 0.4) is 0 Å². The van der Waals surface area contributed by atoms with Crippen molar-refractivity contribution in [3.8, 4) is 0 Å². The summed E-state index contributed by atoms with van der Waals surface area (Å²) in [4.78, 5) is 11.5. The zero-order chi connectivity index (χ0) is 15.6. The molecule has 116 valence electrons. The van der Waals surface area contributed by atoms with Gasteiger partial charge in [-0.25, -0.2) is 4.79 Å². The third kappa shape index (κ3) is 3.85. The van der Waals surface area contributed by atoms with E-state index < -0.39 is 33.5 Å². The van der Waals surface area contributed by atoms with Gasteiger partial charge in [0.15, 0.2) is 0 Å². The van der Waals surface area contributed by atoms with Gasteiger partial charge in [0.05, 0.1) is 19.3 Å². The molecule has 0 fully saturated rings. The lowest BCUT2D eigenvalue weighted by molar-refractivity contribution is -0.140. The van der Waals surface area contributed by atoms with Crippen LogP contribution in [0.25, 0.3) is 0 Å². The molecule has 0 aromatic rings. The van der Waals surface area contributed by atoms with Crippen LogP contribution in [0.4, 0.5) is 13.2 Å².